The van der Waals surface area contributed by atoms with Crippen molar-refractivity contribution in [1.29, 1.82) is 0 Å². The van der Waals surface area contributed by atoms with Crippen molar-refractivity contribution in [1.82, 2.24) is 15.2 Å². The zero-order chi connectivity index (χ0) is 26.6. The highest BCUT2D eigenvalue weighted by Crippen LogP contribution is 2.49. The molecule has 2 amide bonds. The van der Waals surface area contributed by atoms with E-state index in [4.69, 9.17) is 4.74 Å². The molecule has 2 aromatic rings. The van der Waals surface area contributed by atoms with E-state index in [1.165, 1.54) is 0 Å². The van der Waals surface area contributed by atoms with Crippen LogP contribution >= 0.6 is 0 Å². The first-order chi connectivity index (χ1) is 18.4. The molecule has 202 valence electrons. The monoisotopic (exact) mass is 519 g/mol. The Morgan fingerprint density at radius 2 is 2.00 bits per heavy atom. The van der Waals surface area contributed by atoms with Crippen LogP contribution in [0, 0.1) is 29.6 Å². The molecule has 8 nitrogen and oxygen atoms in total. The fraction of sp³-hybridized carbons (Fsp3) is 0.600. The molecule has 1 aromatic heterocycles. The topological polar surface area (TPSA) is 109 Å². The number of fused-ring (bicyclic) bond motifs is 4. The van der Waals surface area contributed by atoms with Crippen LogP contribution in [0.5, 0.6) is 5.75 Å². The van der Waals surface area contributed by atoms with Gasteiger partial charge in [0.25, 0.3) is 5.91 Å². The van der Waals surface area contributed by atoms with Crippen molar-refractivity contribution < 1.29 is 23.9 Å². The lowest BCUT2D eigenvalue weighted by atomic mass is 9.58. The molecule has 4 saturated carbocycles. The maximum atomic E-state index is 13.9. The Morgan fingerprint density at radius 1 is 1.18 bits per heavy atom. The maximum Gasteiger partial charge on any atom is 0.271 e. The van der Waals surface area contributed by atoms with E-state index >= 15 is 0 Å². The molecule has 1 aliphatic heterocycles. The van der Waals surface area contributed by atoms with Crippen molar-refractivity contribution in [3.63, 3.8) is 0 Å². The summed E-state index contributed by atoms with van der Waals surface area (Å²) < 4.78 is 5.46. The summed E-state index contributed by atoms with van der Waals surface area (Å²) in [7, 11) is 1.60. The van der Waals surface area contributed by atoms with Crippen LogP contribution in [0.1, 0.15) is 68.8 Å². The number of ketones is 2. The summed E-state index contributed by atoms with van der Waals surface area (Å²) in [5.41, 5.74) is 1.23. The van der Waals surface area contributed by atoms with E-state index in [0.29, 0.717) is 49.1 Å². The second kappa shape index (κ2) is 9.86. The molecule has 2 N–H and O–H groups in total. The van der Waals surface area contributed by atoms with Crippen molar-refractivity contribution >= 4 is 34.3 Å². The summed E-state index contributed by atoms with van der Waals surface area (Å²) in [6.07, 6.45) is 6.33. The predicted molar refractivity (Wildman–Crippen MR) is 142 cm³/mol. The lowest BCUT2D eigenvalue weighted by Crippen LogP contribution is -2.54. The summed E-state index contributed by atoms with van der Waals surface area (Å²) in [6, 6.07) is 6.11. The number of carbonyl (C=O) groups is 4. The minimum atomic E-state index is -0.687. The minimum absolute atomic E-state index is 0.0471. The molecule has 1 aromatic carbocycles. The van der Waals surface area contributed by atoms with Crippen LogP contribution in [0.3, 0.4) is 0 Å². The van der Waals surface area contributed by atoms with Gasteiger partial charge in [-0.25, -0.2) is 0 Å². The molecule has 5 aliphatic rings. The molecular formula is C30H37N3O5. The standard InChI is InChI=1S/C30H37N3O5/c1-3-25(34)23(13-20-18-10-16(11-18)12-26(20)35)32-29(36)28-19-7-4-6-17(19)15-33(28)30(37)24-14-21-22(31-24)8-5-9-27(21)38-2/h5,8-9,14,16-20,23,28,31H,3-4,6-7,10-13,15H2,1-2H3,(H,32,36). The number of likely N-dealkylation sites (tertiary alicyclic amines) is 1. The highest BCUT2D eigenvalue weighted by atomic mass is 16.5. The molecule has 5 unspecified atom stereocenters. The molecule has 2 bridgehead atoms. The van der Waals surface area contributed by atoms with E-state index < -0.39 is 12.1 Å². The molecule has 1 saturated heterocycles. The highest BCUT2D eigenvalue weighted by Gasteiger charge is 2.51. The smallest absolute Gasteiger partial charge is 0.271 e. The molecule has 8 heteroatoms. The van der Waals surface area contributed by atoms with Crippen LogP contribution in [-0.2, 0) is 14.4 Å². The third-order valence-electron chi connectivity index (χ3n) is 9.78. The SMILES string of the molecule is CCC(=O)C(CC1C(=O)CC2CC1C2)NC(=O)C1C2CCCC2CN1C(=O)c1cc2c(OC)cccc2[nH]1. The van der Waals surface area contributed by atoms with Gasteiger partial charge in [0.2, 0.25) is 5.91 Å². The lowest BCUT2D eigenvalue weighted by molar-refractivity contribution is -0.138. The third kappa shape index (κ3) is 4.22. The minimum Gasteiger partial charge on any atom is -0.496 e. The van der Waals surface area contributed by atoms with Gasteiger partial charge in [-0.15, -0.1) is 0 Å². The predicted octanol–water partition coefficient (Wildman–Crippen LogP) is 3.89. The summed E-state index contributed by atoms with van der Waals surface area (Å²) in [5, 5.41) is 3.87. The van der Waals surface area contributed by atoms with Crippen LogP contribution in [0.2, 0.25) is 0 Å². The number of hydrogen-bond donors (Lipinski definition) is 2. The summed E-state index contributed by atoms with van der Waals surface area (Å²) in [6.45, 7) is 2.33. The number of ether oxygens (including phenoxy) is 1. The molecule has 5 fully saturated rings. The number of nitrogens with one attached hydrogen (secondary N) is 2. The number of nitrogens with zero attached hydrogens (tertiary/aromatic N) is 1. The van der Waals surface area contributed by atoms with E-state index in [0.717, 1.165) is 43.0 Å². The number of benzene rings is 1. The van der Waals surface area contributed by atoms with Gasteiger partial charge in [0.15, 0.2) is 5.78 Å². The van der Waals surface area contributed by atoms with E-state index in [9.17, 15) is 19.2 Å². The van der Waals surface area contributed by atoms with Crippen molar-refractivity contribution in [3.8, 4) is 5.75 Å². The first-order valence-electron chi connectivity index (χ1n) is 14.2. The molecule has 2 heterocycles. The lowest BCUT2D eigenvalue weighted by Gasteiger charge is -2.46. The van der Waals surface area contributed by atoms with Crippen LogP contribution in [0.25, 0.3) is 10.9 Å². The number of H-pyrrole nitrogens is 1. The normalized spacial score (nSPS) is 30.6. The average molecular weight is 520 g/mol. The van der Waals surface area contributed by atoms with Gasteiger partial charge >= 0.3 is 0 Å². The van der Waals surface area contributed by atoms with Crippen LogP contribution in [0.4, 0.5) is 0 Å². The van der Waals surface area contributed by atoms with Crippen LogP contribution in [0.15, 0.2) is 24.3 Å². The number of Topliss-reactive ketones (excluding diaryl/α,β-unsaturated/α-hetero) is 2. The largest absolute Gasteiger partial charge is 0.496 e. The van der Waals surface area contributed by atoms with E-state index in [-0.39, 0.29) is 41.1 Å². The number of amides is 2. The zero-order valence-corrected chi connectivity index (χ0v) is 22.2. The molecular weight excluding hydrogens is 482 g/mol. The molecule has 4 aliphatic carbocycles. The van der Waals surface area contributed by atoms with Gasteiger partial charge in [0.1, 0.15) is 23.3 Å². The van der Waals surface area contributed by atoms with Gasteiger partial charge in [0.05, 0.1) is 13.2 Å². The molecule has 5 atom stereocenters. The first kappa shape index (κ1) is 25.1. The van der Waals surface area contributed by atoms with Crippen LogP contribution in [-0.4, -0.2) is 59.0 Å². The van der Waals surface area contributed by atoms with Gasteiger partial charge in [-0.2, -0.15) is 0 Å². The molecule has 0 spiro atoms. The van der Waals surface area contributed by atoms with Crippen molar-refractivity contribution in [3.05, 3.63) is 30.0 Å². The quantitative estimate of drug-likeness (QED) is 0.550. The van der Waals surface area contributed by atoms with Crippen molar-refractivity contribution in [2.24, 2.45) is 29.6 Å². The number of carbonyl (C=O) groups excluding carboxylic acids is 4. The fourth-order valence-electron chi connectivity index (χ4n) is 7.76. The van der Waals surface area contributed by atoms with Gasteiger partial charge < -0.3 is 19.9 Å². The Hall–Kier alpha value is -3.16. The van der Waals surface area contributed by atoms with Crippen LogP contribution < -0.4 is 10.1 Å². The van der Waals surface area contributed by atoms with E-state index in [2.05, 4.69) is 10.3 Å². The Morgan fingerprint density at radius 3 is 2.74 bits per heavy atom. The van der Waals surface area contributed by atoms with Crippen molar-refractivity contribution in [2.45, 2.75) is 70.4 Å². The van der Waals surface area contributed by atoms with E-state index in [1.54, 1.807) is 25.0 Å². The number of aromatic nitrogens is 1. The Labute approximate surface area is 222 Å². The maximum absolute atomic E-state index is 13.9. The molecule has 0 radical (unpaired) electrons. The summed E-state index contributed by atoms with van der Waals surface area (Å²) >= 11 is 0. The Bertz CT molecular complexity index is 1280. The van der Waals surface area contributed by atoms with Gasteiger partial charge in [-0.1, -0.05) is 19.4 Å². The molecule has 38 heavy (non-hydrogen) atoms. The molecule has 7 rings (SSSR count). The number of rotatable bonds is 8. The Balaban J connectivity index is 1.24. The van der Waals surface area contributed by atoms with Crippen molar-refractivity contribution in [2.75, 3.05) is 13.7 Å². The van der Waals surface area contributed by atoms with E-state index in [1.807, 2.05) is 18.2 Å². The van der Waals surface area contributed by atoms with Gasteiger partial charge in [-0.3, -0.25) is 19.2 Å². The fourth-order valence-corrected chi connectivity index (χ4v) is 7.76. The number of methoxy groups -OCH3 is 1. The number of hydrogen-bond acceptors (Lipinski definition) is 5. The summed E-state index contributed by atoms with van der Waals surface area (Å²) in [4.78, 5) is 58.3. The van der Waals surface area contributed by atoms with Gasteiger partial charge in [-0.05, 0) is 74.0 Å². The first-order valence-corrected chi connectivity index (χ1v) is 14.2. The highest BCUT2D eigenvalue weighted by molar-refractivity contribution is 6.02. The third-order valence-corrected chi connectivity index (χ3v) is 9.78. The summed E-state index contributed by atoms with van der Waals surface area (Å²) in [5.74, 6) is 1.47. The second-order valence-electron chi connectivity index (χ2n) is 11.9. The zero-order valence-electron chi connectivity index (χ0n) is 22.2. The second-order valence-corrected chi connectivity index (χ2v) is 11.9. The average Bonchev–Trinajstić information content (AvgIpc) is 3.61. The van der Waals surface area contributed by atoms with Gasteiger partial charge in [0, 0.05) is 36.2 Å². The number of aromatic amines is 1. The Kier molecular flexibility index (Phi) is 6.52.